The summed E-state index contributed by atoms with van der Waals surface area (Å²) in [6, 6.07) is 5.53. The standard InChI is InChI=1S/C18H20N6O/c1-13-4-5-15(10-19-13)18(25)23-8-9-24-16(11-20-17(24)14(23)2)12-22-7-3-6-21-22/h3-7,10-11,14H,8-9,12H2,1-2H3/t14-/m1/s1. The summed E-state index contributed by atoms with van der Waals surface area (Å²) < 4.78 is 4.08. The van der Waals surface area contributed by atoms with Gasteiger partial charge in [0.15, 0.2) is 0 Å². The van der Waals surface area contributed by atoms with E-state index in [1.807, 2.05) is 54.0 Å². The highest BCUT2D eigenvalue weighted by atomic mass is 16.2. The van der Waals surface area contributed by atoms with Crippen LogP contribution in [0, 0.1) is 6.92 Å². The Morgan fingerprint density at radius 1 is 1.24 bits per heavy atom. The van der Waals surface area contributed by atoms with Crippen molar-refractivity contribution in [1.82, 2.24) is 29.2 Å². The number of fused-ring (bicyclic) bond motifs is 1. The first-order valence-corrected chi connectivity index (χ1v) is 8.39. The van der Waals surface area contributed by atoms with E-state index in [9.17, 15) is 4.79 Å². The number of aromatic nitrogens is 5. The number of aryl methyl sites for hydroxylation is 1. The van der Waals surface area contributed by atoms with E-state index < -0.39 is 0 Å². The van der Waals surface area contributed by atoms with E-state index >= 15 is 0 Å². The molecule has 4 rings (SSSR count). The number of amides is 1. The van der Waals surface area contributed by atoms with Gasteiger partial charge < -0.3 is 9.47 Å². The molecule has 0 fully saturated rings. The first kappa shape index (κ1) is 15.6. The third kappa shape index (κ3) is 2.82. The van der Waals surface area contributed by atoms with Crippen LogP contribution in [-0.2, 0) is 13.1 Å². The summed E-state index contributed by atoms with van der Waals surface area (Å²) in [7, 11) is 0. The average Bonchev–Trinajstić information content (AvgIpc) is 3.26. The Bertz CT molecular complexity index is 881. The molecule has 0 unspecified atom stereocenters. The Morgan fingerprint density at radius 3 is 2.84 bits per heavy atom. The fourth-order valence-electron chi connectivity index (χ4n) is 3.28. The summed E-state index contributed by atoms with van der Waals surface area (Å²) in [6.07, 6.45) is 7.24. The number of carbonyl (C=O) groups is 1. The van der Waals surface area contributed by atoms with Crippen molar-refractivity contribution in [2.45, 2.75) is 33.0 Å². The summed E-state index contributed by atoms with van der Waals surface area (Å²) >= 11 is 0. The summed E-state index contributed by atoms with van der Waals surface area (Å²) in [5.41, 5.74) is 2.63. The number of hydrogen-bond donors (Lipinski definition) is 0. The average molecular weight is 336 g/mol. The first-order valence-electron chi connectivity index (χ1n) is 8.39. The van der Waals surface area contributed by atoms with E-state index in [1.165, 1.54) is 0 Å². The highest BCUT2D eigenvalue weighted by Gasteiger charge is 2.31. The number of rotatable bonds is 3. The van der Waals surface area contributed by atoms with E-state index in [0.717, 1.165) is 23.8 Å². The van der Waals surface area contributed by atoms with Gasteiger partial charge in [0.2, 0.25) is 0 Å². The van der Waals surface area contributed by atoms with Crippen LogP contribution in [0.2, 0.25) is 0 Å². The lowest BCUT2D eigenvalue weighted by molar-refractivity contribution is 0.0635. The van der Waals surface area contributed by atoms with Crippen LogP contribution in [0.1, 0.15) is 40.5 Å². The molecule has 0 saturated heterocycles. The minimum atomic E-state index is -0.0751. The molecule has 1 aliphatic rings. The van der Waals surface area contributed by atoms with Crippen LogP contribution in [-0.4, -0.2) is 41.7 Å². The largest absolute Gasteiger partial charge is 0.327 e. The Morgan fingerprint density at radius 2 is 2.12 bits per heavy atom. The van der Waals surface area contributed by atoms with Crippen molar-refractivity contribution < 1.29 is 4.79 Å². The maximum atomic E-state index is 12.8. The van der Waals surface area contributed by atoms with Gasteiger partial charge in [-0.2, -0.15) is 5.10 Å². The van der Waals surface area contributed by atoms with Gasteiger partial charge in [0, 0.05) is 37.4 Å². The van der Waals surface area contributed by atoms with Gasteiger partial charge in [-0.25, -0.2) is 4.98 Å². The van der Waals surface area contributed by atoms with Gasteiger partial charge in [0.25, 0.3) is 5.91 Å². The highest BCUT2D eigenvalue weighted by Crippen LogP contribution is 2.27. The number of hydrogen-bond acceptors (Lipinski definition) is 4. The van der Waals surface area contributed by atoms with Crippen LogP contribution in [0.4, 0.5) is 0 Å². The van der Waals surface area contributed by atoms with Crippen LogP contribution in [0.3, 0.4) is 0 Å². The van der Waals surface area contributed by atoms with Crippen molar-refractivity contribution in [2.75, 3.05) is 6.54 Å². The zero-order valence-corrected chi connectivity index (χ0v) is 14.3. The van der Waals surface area contributed by atoms with Crippen molar-refractivity contribution in [3.05, 3.63) is 65.8 Å². The molecule has 7 nitrogen and oxygen atoms in total. The molecule has 4 heterocycles. The van der Waals surface area contributed by atoms with Crippen molar-refractivity contribution in [3.8, 4) is 0 Å². The zero-order chi connectivity index (χ0) is 17.4. The van der Waals surface area contributed by atoms with E-state index in [4.69, 9.17) is 0 Å². The van der Waals surface area contributed by atoms with Gasteiger partial charge >= 0.3 is 0 Å². The second-order valence-electron chi connectivity index (χ2n) is 6.33. The molecule has 1 aliphatic heterocycles. The molecule has 128 valence electrons. The summed E-state index contributed by atoms with van der Waals surface area (Å²) in [5.74, 6) is 0.921. The topological polar surface area (TPSA) is 68.8 Å². The van der Waals surface area contributed by atoms with Gasteiger partial charge in [0.1, 0.15) is 5.82 Å². The number of nitrogens with zero attached hydrogens (tertiary/aromatic N) is 6. The van der Waals surface area contributed by atoms with Gasteiger partial charge in [-0.1, -0.05) is 0 Å². The SMILES string of the molecule is Cc1ccc(C(=O)N2CCn3c(Cn4cccn4)cnc3[C@H]2C)cn1. The van der Waals surface area contributed by atoms with Gasteiger partial charge in [-0.3, -0.25) is 14.5 Å². The van der Waals surface area contributed by atoms with Crippen molar-refractivity contribution in [2.24, 2.45) is 0 Å². The molecule has 0 radical (unpaired) electrons. The maximum Gasteiger partial charge on any atom is 0.256 e. The minimum Gasteiger partial charge on any atom is -0.327 e. The molecule has 25 heavy (non-hydrogen) atoms. The second-order valence-corrected chi connectivity index (χ2v) is 6.33. The molecule has 1 atom stereocenters. The first-order chi connectivity index (χ1) is 12.1. The quantitative estimate of drug-likeness (QED) is 0.734. The van der Waals surface area contributed by atoms with Crippen LogP contribution >= 0.6 is 0 Å². The Balaban J connectivity index is 1.57. The van der Waals surface area contributed by atoms with Crippen LogP contribution in [0.25, 0.3) is 0 Å². The number of carbonyl (C=O) groups excluding carboxylic acids is 1. The fraction of sp³-hybridized carbons (Fsp3) is 0.333. The predicted molar refractivity (Wildman–Crippen MR) is 92.0 cm³/mol. The molecule has 1 amide bonds. The molecule has 3 aromatic rings. The summed E-state index contributed by atoms with van der Waals surface area (Å²) in [4.78, 5) is 23.5. The lowest BCUT2D eigenvalue weighted by atomic mass is 10.1. The smallest absolute Gasteiger partial charge is 0.256 e. The van der Waals surface area contributed by atoms with Crippen LogP contribution in [0.15, 0.2) is 43.0 Å². The van der Waals surface area contributed by atoms with Gasteiger partial charge in [-0.15, -0.1) is 0 Å². The Labute approximate surface area is 145 Å². The molecule has 0 N–H and O–H groups in total. The highest BCUT2D eigenvalue weighted by molar-refractivity contribution is 5.94. The Hall–Kier alpha value is -2.96. The minimum absolute atomic E-state index is 0.00266. The van der Waals surface area contributed by atoms with Gasteiger partial charge in [0.05, 0.1) is 30.0 Å². The molecule has 0 spiro atoms. The second kappa shape index (κ2) is 6.16. The van der Waals surface area contributed by atoms with Crippen molar-refractivity contribution in [3.63, 3.8) is 0 Å². The van der Waals surface area contributed by atoms with Crippen LogP contribution < -0.4 is 0 Å². The Kier molecular flexibility index (Phi) is 3.83. The molecule has 0 bridgehead atoms. The van der Waals surface area contributed by atoms with E-state index in [0.29, 0.717) is 18.7 Å². The third-order valence-electron chi connectivity index (χ3n) is 4.68. The molecule has 0 aromatic carbocycles. The molecule has 3 aromatic heterocycles. The van der Waals surface area contributed by atoms with Crippen LogP contribution in [0.5, 0.6) is 0 Å². The van der Waals surface area contributed by atoms with E-state index in [1.54, 1.807) is 12.4 Å². The van der Waals surface area contributed by atoms with Gasteiger partial charge in [-0.05, 0) is 32.0 Å². The fourth-order valence-corrected chi connectivity index (χ4v) is 3.28. The molecular weight excluding hydrogens is 316 g/mol. The predicted octanol–water partition coefficient (Wildman–Crippen LogP) is 2.05. The molecular formula is C18H20N6O. The normalized spacial score (nSPS) is 16.7. The summed E-state index contributed by atoms with van der Waals surface area (Å²) in [6.45, 7) is 6.01. The number of imidazole rings is 1. The number of pyridine rings is 1. The molecule has 7 heteroatoms. The van der Waals surface area contributed by atoms with E-state index in [-0.39, 0.29) is 11.9 Å². The lowest BCUT2D eigenvalue weighted by Gasteiger charge is -2.34. The summed E-state index contributed by atoms with van der Waals surface area (Å²) in [5, 5.41) is 4.25. The molecule has 0 aliphatic carbocycles. The molecule has 0 saturated carbocycles. The van der Waals surface area contributed by atoms with Crippen molar-refractivity contribution in [1.29, 1.82) is 0 Å². The third-order valence-corrected chi connectivity index (χ3v) is 4.68. The van der Waals surface area contributed by atoms with Crippen molar-refractivity contribution >= 4 is 5.91 Å². The monoisotopic (exact) mass is 336 g/mol. The zero-order valence-electron chi connectivity index (χ0n) is 14.3. The maximum absolute atomic E-state index is 12.8. The lowest BCUT2D eigenvalue weighted by Crippen LogP contribution is -2.41. The van der Waals surface area contributed by atoms with E-state index in [2.05, 4.69) is 19.6 Å².